The third-order valence-electron chi connectivity index (χ3n) is 4.22. The Balaban J connectivity index is 1.63. The van der Waals surface area contributed by atoms with E-state index in [-0.39, 0.29) is 5.75 Å². The number of phenols is 1. The van der Waals surface area contributed by atoms with Crippen LogP contribution >= 0.6 is 0 Å². The largest absolute Gasteiger partial charge is 0.506 e. The topological polar surface area (TPSA) is 72.0 Å². The van der Waals surface area contributed by atoms with Crippen molar-refractivity contribution in [3.63, 3.8) is 0 Å². The normalized spacial score (nSPS) is 11.1. The molecule has 0 aliphatic rings. The van der Waals surface area contributed by atoms with Crippen LogP contribution in [0.15, 0.2) is 93.1 Å². The standard InChI is InChI=1S/C23H17NO4/c25-21-9-5-4-8-20(21)24-14-17-12-23(26)28-22-13-18(10-11-19(17)22)27-15-16-6-2-1-3-7-16/h1-14,25H,15H2. The first-order chi connectivity index (χ1) is 13.7. The Kier molecular flexibility index (Phi) is 4.89. The summed E-state index contributed by atoms with van der Waals surface area (Å²) in [6, 6.07) is 23.3. The number of aliphatic imine (C=N–C) groups is 1. The Labute approximate surface area is 161 Å². The molecule has 0 unspecified atom stereocenters. The van der Waals surface area contributed by atoms with Gasteiger partial charge in [0, 0.05) is 29.3 Å². The van der Waals surface area contributed by atoms with Crippen LogP contribution in [0.1, 0.15) is 11.1 Å². The molecule has 0 saturated carbocycles. The molecular formula is C23H17NO4. The molecule has 28 heavy (non-hydrogen) atoms. The van der Waals surface area contributed by atoms with Crippen LogP contribution in [0.5, 0.6) is 11.5 Å². The molecule has 4 rings (SSSR count). The average molecular weight is 371 g/mol. The number of rotatable bonds is 5. The maximum absolute atomic E-state index is 12.0. The summed E-state index contributed by atoms with van der Waals surface area (Å²) < 4.78 is 11.1. The molecule has 0 radical (unpaired) electrons. The molecule has 3 aromatic carbocycles. The van der Waals surface area contributed by atoms with Crippen molar-refractivity contribution in [2.45, 2.75) is 6.61 Å². The number of hydrogen-bond donors (Lipinski definition) is 1. The number of hydrogen-bond acceptors (Lipinski definition) is 5. The molecule has 1 heterocycles. The van der Waals surface area contributed by atoms with Crippen molar-refractivity contribution >= 4 is 22.9 Å². The number of ether oxygens (including phenoxy) is 1. The lowest BCUT2D eigenvalue weighted by atomic mass is 10.1. The van der Waals surface area contributed by atoms with Crippen LogP contribution in [0, 0.1) is 0 Å². The van der Waals surface area contributed by atoms with Crippen LogP contribution in [0.4, 0.5) is 5.69 Å². The van der Waals surface area contributed by atoms with Crippen LogP contribution in [0.2, 0.25) is 0 Å². The first-order valence-electron chi connectivity index (χ1n) is 8.76. The number of aromatic hydroxyl groups is 1. The minimum atomic E-state index is -0.480. The highest BCUT2D eigenvalue weighted by Crippen LogP contribution is 2.26. The highest BCUT2D eigenvalue weighted by Gasteiger charge is 2.07. The molecule has 0 atom stereocenters. The molecule has 5 nitrogen and oxygen atoms in total. The third kappa shape index (κ3) is 3.94. The lowest BCUT2D eigenvalue weighted by molar-refractivity contribution is 0.306. The van der Waals surface area contributed by atoms with E-state index in [1.807, 2.05) is 42.5 Å². The van der Waals surface area contributed by atoms with Crippen LogP contribution in [0.3, 0.4) is 0 Å². The number of nitrogens with zero attached hydrogens (tertiary/aromatic N) is 1. The van der Waals surface area contributed by atoms with E-state index in [1.165, 1.54) is 6.07 Å². The summed E-state index contributed by atoms with van der Waals surface area (Å²) in [5, 5.41) is 10.6. The maximum atomic E-state index is 12.0. The SMILES string of the molecule is O=c1cc(C=Nc2ccccc2O)c2ccc(OCc3ccccc3)cc2o1. The van der Waals surface area contributed by atoms with Gasteiger partial charge in [0.05, 0.1) is 0 Å². The van der Waals surface area contributed by atoms with Gasteiger partial charge in [-0.25, -0.2) is 4.79 Å². The zero-order chi connectivity index (χ0) is 19.3. The Morgan fingerprint density at radius 3 is 2.57 bits per heavy atom. The van der Waals surface area contributed by atoms with Gasteiger partial charge in [0.25, 0.3) is 0 Å². The lowest BCUT2D eigenvalue weighted by Gasteiger charge is -2.08. The van der Waals surface area contributed by atoms with Gasteiger partial charge in [-0.3, -0.25) is 4.99 Å². The van der Waals surface area contributed by atoms with Crippen molar-refractivity contribution in [1.29, 1.82) is 0 Å². The summed E-state index contributed by atoms with van der Waals surface area (Å²) in [5.74, 6) is 0.678. The number of para-hydroxylation sites is 2. The first kappa shape index (κ1) is 17.5. The minimum Gasteiger partial charge on any atom is -0.506 e. The predicted octanol–water partition coefficient (Wildman–Crippen LogP) is 4.83. The second-order valence-electron chi connectivity index (χ2n) is 6.20. The summed E-state index contributed by atoms with van der Waals surface area (Å²) >= 11 is 0. The van der Waals surface area contributed by atoms with Crippen LogP contribution in [0.25, 0.3) is 11.0 Å². The van der Waals surface area contributed by atoms with Crippen LogP contribution in [-0.2, 0) is 6.61 Å². The van der Waals surface area contributed by atoms with Gasteiger partial charge in [-0.2, -0.15) is 0 Å². The quantitative estimate of drug-likeness (QED) is 0.403. The van der Waals surface area contributed by atoms with E-state index in [0.29, 0.717) is 29.2 Å². The highest BCUT2D eigenvalue weighted by atomic mass is 16.5. The first-order valence-corrected chi connectivity index (χ1v) is 8.76. The number of phenolic OH excluding ortho intramolecular Hbond substituents is 1. The molecule has 0 spiro atoms. The number of fused-ring (bicyclic) bond motifs is 1. The van der Waals surface area contributed by atoms with Gasteiger partial charge in [0.15, 0.2) is 0 Å². The molecule has 1 N–H and O–H groups in total. The van der Waals surface area contributed by atoms with Crippen molar-refractivity contribution in [2.75, 3.05) is 0 Å². The Morgan fingerprint density at radius 2 is 1.75 bits per heavy atom. The molecule has 5 heteroatoms. The molecule has 0 aliphatic carbocycles. The molecular weight excluding hydrogens is 354 g/mol. The summed E-state index contributed by atoms with van der Waals surface area (Å²) in [5.41, 5.74) is 2.01. The third-order valence-corrected chi connectivity index (χ3v) is 4.22. The van der Waals surface area contributed by atoms with E-state index in [9.17, 15) is 9.90 Å². The van der Waals surface area contributed by atoms with Crippen molar-refractivity contribution in [3.8, 4) is 11.5 Å². The Morgan fingerprint density at radius 1 is 0.964 bits per heavy atom. The molecule has 0 aliphatic heterocycles. The Bertz CT molecular complexity index is 1200. The molecule has 1 aromatic heterocycles. The summed E-state index contributed by atoms with van der Waals surface area (Å²) in [6.07, 6.45) is 1.54. The fourth-order valence-electron chi connectivity index (χ4n) is 2.82. The van der Waals surface area contributed by atoms with Crippen molar-refractivity contribution in [2.24, 2.45) is 4.99 Å². The maximum Gasteiger partial charge on any atom is 0.336 e. The van der Waals surface area contributed by atoms with Gasteiger partial charge in [-0.1, -0.05) is 42.5 Å². The van der Waals surface area contributed by atoms with Gasteiger partial charge in [-0.05, 0) is 29.8 Å². The van der Waals surface area contributed by atoms with E-state index >= 15 is 0 Å². The van der Waals surface area contributed by atoms with Gasteiger partial charge in [0.1, 0.15) is 29.4 Å². The van der Waals surface area contributed by atoms with E-state index in [1.54, 1.807) is 36.5 Å². The number of benzene rings is 3. The minimum absolute atomic E-state index is 0.0719. The zero-order valence-electron chi connectivity index (χ0n) is 14.9. The molecule has 0 amide bonds. The van der Waals surface area contributed by atoms with Crippen LogP contribution < -0.4 is 10.4 Å². The van der Waals surface area contributed by atoms with E-state index in [4.69, 9.17) is 9.15 Å². The van der Waals surface area contributed by atoms with Crippen molar-refractivity contribution in [1.82, 2.24) is 0 Å². The lowest BCUT2D eigenvalue weighted by Crippen LogP contribution is -2.01. The summed E-state index contributed by atoms with van der Waals surface area (Å²) in [4.78, 5) is 16.2. The van der Waals surface area contributed by atoms with Gasteiger partial charge >= 0.3 is 5.63 Å². The monoisotopic (exact) mass is 371 g/mol. The van der Waals surface area contributed by atoms with Gasteiger partial charge < -0.3 is 14.3 Å². The Hall–Kier alpha value is -3.86. The average Bonchev–Trinajstić information content (AvgIpc) is 2.72. The van der Waals surface area contributed by atoms with E-state index in [2.05, 4.69) is 4.99 Å². The predicted molar refractivity (Wildman–Crippen MR) is 109 cm³/mol. The zero-order valence-corrected chi connectivity index (χ0v) is 14.9. The molecule has 138 valence electrons. The second kappa shape index (κ2) is 7.80. The molecule has 0 saturated heterocycles. The van der Waals surface area contributed by atoms with E-state index in [0.717, 1.165) is 10.9 Å². The highest BCUT2D eigenvalue weighted by molar-refractivity contribution is 5.98. The molecule has 0 fully saturated rings. The van der Waals surface area contributed by atoms with Crippen LogP contribution in [-0.4, -0.2) is 11.3 Å². The van der Waals surface area contributed by atoms with Crippen molar-refractivity contribution < 1.29 is 14.3 Å². The second-order valence-corrected chi connectivity index (χ2v) is 6.20. The van der Waals surface area contributed by atoms with Gasteiger partial charge in [0.2, 0.25) is 0 Å². The summed E-state index contributed by atoms with van der Waals surface area (Å²) in [7, 11) is 0. The molecule has 0 bridgehead atoms. The van der Waals surface area contributed by atoms with Crippen molar-refractivity contribution in [3.05, 3.63) is 100 Å². The fraction of sp³-hybridized carbons (Fsp3) is 0.0435. The summed E-state index contributed by atoms with van der Waals surface area (Å²) in [6.45, 7) is 0.422. The molecule has 4 aromatic rings. The van der Waals surface area contributed by atoms with Gasteiger partial charge in [-0.15, -0.1) is 0 Å². The van der Waals surface area contributed by atoms with E-state index < -0.39 is 5.63 Å². The fourth-order valence-corrected chi connectivity index (χ4v) is 2.82. The smallest absolute Gasteiger partial charge is 0.336 e.